The van der Waals surface area contributed by atoms with Crippen LogP contribution in [-0.4, -0.2) is 16.6 Å². The van der Waals surface area contributed by atoms with Crippen LogP contribution in [0.25, 0.3) is 0 Å². The van der Waals surface area contributed by atoms with Gasteiger partial charge in [0, 0.05) is 12.4 Å². The van der Waals surface area contributed by atoms with E-state index in [9.17, 15) is 0 Å². The molecule has 6 aromatic rings. The normalized spacial score (nSPS) is 11.9. The van der Waals surface area contributed by atoms with Gasteiger partial charge in [0.05, 0.1) is 0 Å². The van der Waals surface area contributed by atoms with Crippen molar-refractivity contribution < 1.29 is 9.05 Å². The standard InChI is InChI=1S/C41H38N2O2Si2/c1-8-22-36(23-9-1)46(37-24-10-2-11-25-37,38-26-12-3-13-27-38)44-42-34-20-7-21-35-43-45-47(39-28-14-4-15-29-39,40-30-16-5-17-31-40)41-32-18-6-19-33-41/h1-6,8-35,42-43H,7H2. The average molecular weight is 647 g/mol. The van der Waals surface area contributed by atoms with Gasteiger partial charge >= 0.3 is 16.6 Å². The van der Waals surface area contributed by atoms with E-state index < -0.39 is 16.6 Å². The van der Waals surface area contributed by atoms with Gasteiger partial charge in [-0.1, -0.05) is 194 Å². The van der Waals surface area contributed by atoms with Crippen molar-refractivity contribution in [2.75, 3.05) is 0 Å². The molecule has 2 N–H and O–H groups in total. The third-order valence-electron chi connectivity index (χ3n) is 8.15. The highest BCUT2D eigenvalue weighted by Crippen LogP contribution is 2.10. The highest BCUT2D eigenvalue weighted by atomic mass is 28.4. The Kier molecular flexibility index (Phi) is 10.7. The molecule has 4 nitrogen and oxygen atoms in total. The van der Waals surface area contributed by atoms with E-state index in [2.05, 4.69) is 157 Å². The van der Waals surface area contributed by atoms with Crippen molar-refractivity contribution in [3.8, 4) is 0 Å². The van der Waals surface area contributed by atoms with E-state index in [1.165, 1.54) is 31.1 Å². The minimum absolute atomic E-state index is 0.680. The van der Waals surface area contributed by atoms with Crippen LogP contribution in [0.2, 0.25) is 0 Å². The summed E-state index contributed by atoms with van der Waals surface area (Å²) in [6, 6.07) is 63.1. The van der Waals surface area contributed by atoms with E-state index in [1.54, 1.807) is 0 Å². The lowest BCUT2D eigenvalue weighted by atomic mass is 10.3. The van der Waals surface area contributed by atoms with Crippen molar-refractivity contribution in [1.82, 2.24) is 11.0 Å². The fraction of sp³-hybridized carbons (Fsp3) is 0.0244. The summed E-state index contributed by atoms with van der Waals surface area (Å²) in [5.74, 6) is 0. The quantitative estimate of drug-likeness (QED) is 0.102. The number of benzene rings is 6. The molecule has 0 unspecified atom stereocenters. The van der Waals surface area contributed by atoms with Crippen LogP contribution in [0.15, 0.2) is 207 Å². The second-order valence-corrected chi connectivity index (χ2v) is 17.6. The molecule has 232 valence electrons. The van der Waals surface area contributed by atoms with Crippen LogP contribution in [0.4, 0.5) is 0 Å². The van der Waals surface area contributed by atoms with Crippen LogP contribution in [-0.2, 0) is 9.05 Å². The van der Waals surface area contributed by atoms with Gasteiger partial charge in [0.15, 0.2) is 0 Å². The molecule has 0 heterocycles. The lowest BCUT2D eigenvalue weighted by Gasteiger charge is -2.32. The Labute approximate surface area is 279 Å². The summed E-state index contributed by atoms with van der Waals surface area (Å²) < 4.78 is 13.5. The molecule has 6 heteroatoms. The van der Waals surface area contributed by atoms with E-state index in [0.717, 1.165) is 0 Å². The highest BCUT2D eigenvalue weighted by Gasteiger charge is 2.44. The predicted octanol–water partition coefficient (Wildman–Crippen LogP) is 4.78. The van der Waals surface area contributed by atoms with Crippen molar-refractivity contribution in [3.05, 3.63) is 207 Å². The second-order valence-electron chi connectivity index (χ2n) is 11.0. The summed E-state index contributed by atoms with van der Waals surface area (Å²) in [5, 5.41) is 7.01. The number of hydroxylamine groups is 2. The zero-order valence-corrected chi connectivity index (χ0v) is 28.2. The largest absolute Gasteiger partial charge is 0.321 e. The van der Waals surface area contributed by atoms with Crippen LogP contribution < -0.4 is 42.1 Å². The van der Waals surface area contributed by atoms with Gasteiger partial charge in [-0.05, 0) is 37.5 Å². The SMILES string of the molecule is C(=CNO[Si](c1ccccc1)(c1ccccc1)c1ccccc1)CC=CNO[Si](c1ccccc1)(c1ccccc1)c1ccccc1. The van der Waals surface area contributed by atoms with Crippen molar-refractivity contribution in [3.63, 3.8) is 0 Å². The van der Waals surface area contributed by atoms with Gasteiger partial charge in [0.1, 0.15) is 0 Å². The van der Waals surface area contributed by atoms with Crippen LogP contribution in [0.3, 0.4) is 0 Å². The molecular weight excluding hydrogens is 609 g/mol. The molecule has 0 aliphatic carbocycles. The molecule has 0 aromatic heterocycles. The molecule has 0 bridgehead atoms. The van der Waals surface area contributed by atoms with Crippen LogP contribution in [0.5, 0.6) is 0 Å². The van der Waals surface area contributed by atoms with Crippen molar-refractivity contribution in [1.29, 1.82) is 0 Å². The van der Waals surface area contributed by atoms with E-state index in [0.29, 0.717) is 6.42 Å². The molecular formula is C41H38N2O2Si2. The van der Waals surface area contributed by atoms with Crippen molar-refractivity contribution >= 4 is 47.8 Å². The van der Waals surface area contributed by atoms with Gasteiger partial charge < -0.3 is 9.05 Å². The molecule has 0 atom stereocenters. The van der Waals surface area contributed by atoms with Gasteiger partial charge in [0.25, 0.3) is 0 Å². The maximum atomic E-state index is 6.75. The maximum absolute atomic E-state index is 6.75. The smallest absolute Gasteiger partial charge is 0.306 e. The van der Waals surface area contributed by atoms with E-state index in [-0.39, 0.29) is 0 Å². The third-order valence-corrected chi connectivity index (χ3v) is 15.9. The molecule has 47 heavy (non-hydrogen) atoms. The Hall–Kier alpha value is -5.25. The fourth-order valence-electron chi connectivity index (χ4n) is 5.95. The molecule has 0 radical (unpaired) electrons. The Bertz CT molecular complexity index is 1510. The Morgan fingerprint density at radius 3 is 0.766 bits per heavy atom. The van der Waals surface area contributed by atoms with Crippen LogP contribution >= 0.6 is 0 Å². The lowest BCUT2D eigenvalue weighted by Crippen LogP contribution is -2.70. The van der Waals surface area contributed by atoms with Gasteiger partial charge in [-0.3, -0.25) is 11.0 Å². The highest BCUT2D eigenvalue weighted by molar-refractivity contribution is 7.07. The average Bonchev–Trinajstić information content (AvgIpc) is 3.16. The maximum Gasteiger partial charge on any atom is 0.321 e. The molecule has 0 saturated carbocycles. The first-order chi connectivity index (χ1) is 23.3. The Balaban J connectivity index is 1.17. The summed E-state index contributed by atoms with van der Waals surface area (Å²) in [7, 11) is -5.66. The Morgan fingerprint density at radius 1 is 0.340 bits per heavy atom. The van der Waals surface area contributed by atoms with E-state index in [1.807, 2.05) is 61.0 Å². The summed E-state index contributed by atoms with van der Waals surface area (Å²) in [6.45, 7) is 0. The molecule has 0 aliphatic rings. The van der Waals surface area contributed by atoms with E-state index >= 15 is 0 Å². The van der Waals surface area contributed by atoms with Gasteiger partial charge in [0.2, 0.25) is 0 Å². The molecule has 0 fully saturated rings. The van der Waals surface area contributed by atoms with Gasteiger partial charge in [-0.25, -0.2) is 0 Å². The molecule has 6 rings (SSSR count). The number of hydrogen-bond donors (Lipinski definition) is 2. The number of hydrogen-bond acceptors (Lipinski definition) is 4. The number of rotatable bonds is 14. The minimum atomic E-state index is -2.83. The second kappa shape index (κ2) is 15.8. The fourth-order valence-corrected chi connectivity index (χ4v) is 13.1. The number of allylic oxidation sites excluding steroid dienone is 2. The monoisotopic (exact) mass is 646 g/mol. The van der Waals surface area contributed by atoms with Gasteiger partial charge in [-0.15, -0.1) is 0 Å². The molecule has 0 spiro atoms. The van der Waals surface area contributed by atoms with Crippen LogP contribution in [0, 0.1) is 0 Å². The molecule has 0 aliphatic heterocycles. The summed E-state index contributed by atoms with van der Waals surface area (Å²) >= 11 is 0. The van der Waals surface area contributed by atoms with Gasteiger partial charge in [-0.2, -0.15) is 0 Å². The topological polar surface area (TPSA) is 42.5 Å². The summed E-state index contributed by atoms with van der Waals surface area (Å²) in [6.07, 6.45) is 8.50. The Morgan fingerprint density at radius 2 is 0.553 bits per heavy atom. The summed E-state index contributed by atoms with van der Waals surface area (Å²) in [4.78, 5) is 0. The zero-order valence-electron chi connectivity index (χ0n) is 26.2. The first-order valence-corrected chi connectivity index (χ1v) is 19.7. The predicted molar refractivity (Wildman–Crippen MR) is 199 cm³/mol. The number of nitrogens with one attached hydrogen (secondary N) is 2. The van der Waals surface area contributed by atoms with Crippen molar-refractivity contribution in [2.45, 2.75) is 6.42 Å². The zero-order chi connectivity index (χ0) is 32.0. The molecule has 0 amide bonds. The molecule has 0 saturated heterocycles. The lowest BCUT2D eigenvalue weighted by molar-refractivity contribution is 0.245. The first-order valence-electron chi connectivity index (χ1n) is 15.8. The summed E-state index contributed by atoms with van der Waals surface area (Å²) in [5.41, 5.74) is 6.41. The first kappa shape index (κ1) is 31.7. The van der Waals surface area contributed by atoms with Crippen LogP contribution in [0.1, 0.15) is 6.42 Å². The third kappa shape index (κ3) is 7.11. The van der Waals surface area contributed by atoms with Crippen molar-refractivity contribution in [2.24, 2.45) is 0 Å². The molecule has 6 aromatic carbocycles. The van der Waals surface area contributed by atoms with E-state index in [4.69, 9.17) is 9.05 Å². The minimum Gasteiger partial charge on any atom is -0.306 e.